The fraction of sp³-hybridized carbons (Fsp3) is 0.200. The van der Waals surface area contributed by atoms with E-state index in [-0.39, 0.29) is 6.04 Å². The number of benzene rings is 2. The number of methoxy groups -OCH3 is 1. The lowest BCUT2D eigenvalue weighted by molar-refractivity contribution is 0.414. The van der Waals surface area contributed by atoms with Crippen LogP contribution in [0.15, 0.2) is 48.5 Å². The van der Waals surface area contributed by atoms with Crippen LogP contribution in [0.4, 0.5) is 0 Å². The van der Waals surface area contributed by atoms with Crippen LogP contribution in [-0.2, 0) is 6.42 Å². The third-order valence-corrected chi connectivity index (χ3v) is 3.40. The molecule has 4 heteroatoms. The van der Waals surface area contributed by atoms with Crippen molar-refractivity contribution in [3.8, 4) is 5.75 Å². The van der Waals surface area contributed by atoms with E-state index in [1.54, 1.807) is 7.11 Å². The summed E-state index contributed by atoms with van der Waals surface area (Å²) in [6.07, 6.45) is 0.747. The second-order valence-corrected chi connectivity index (χ2v) is 4.70. The minimum absolute atomic E-state index is 0.0270. The molecule has 0 aliphatic carbocycles. The number of ether oxygens (including phenoxy) is 1. The molecule has 100 valence electrons. The normalized spacial score (nSPS) is 12.2. The fourth-order valence-corrected chi connectivity index (χ4v) is 2.32. The Bertz CT molecular complexity index is 545. The molecule has 0 aliphatic rings. The van der Waals surface area contributed by atoms with Crippen LogP contribution < -0.4 is 16.0 Å². The number of rotatable bonds is 5. The number of halogens is 1. The van der Waals surface area contributed by atoms with E-state index in [0.717, 1.165) is 23.3 Å². The van der Waals surface area contributed by atoms with E-state index < -0.39 is 0 Å². The van der Waals surface area contributed by atoms with Crippen LogP contribution in [-0.4, -0.2) is 7.11 Å². The van der Waals surface area contributed by atoms with Gasteiger partial charge in [0.25, 0.3) is 0 Å². The van der Waals surface area contributed by atoms with Crippen molar-refractivity contribution in [3.63, 3.8) is 0 Å². The average Bonchev–Trinajstić information content (AvgIpc) is 2.46. The predicted molar refractivity (Wildman–Crippen MR) is 78.2 cm³/mol. The van der Waals surface area contributed by atoms with Crippen molar-refractivity contribution >= 4 is 11.6 Å². The Balaban J connectivity index is 2.21. The molecule has 0 spiro atoms. The summed E-state index contributed by atoms with van der Waals surface area (Å²) in [4.78, 5) is 0. The summed E-state index contributed by atoms with van der Waals surface area (Å²) in [7, 11) is 1.66. The summed E-state index contributed by atoms with van der Waals surface area (Å²) < 4.78 is 5.22. The Kier molecular flexibility index (Phi) is 4.80. The SMILES string of the molecule is COc1cccc(CC(NN)c2ccccc2Cl)c1. The van der Waals surface area contributed by atoms with Crippen LogP contribution in [0.1, 0.15) is 17.2 Å². The molecule has 3 N–H and O–H groups in total. The highest BCUT2D eigenvalue weighted by Crippen LogP contribution is 2.26. The zero-order valence-electron chi connectivity index (χ0n) is 10.8. The Morgan fingerprint density at radius 3 is 2.68 bits per heavy atom. The maximum Gasteiger partial charge on any atom is 0.119 e. The molecule has 0 aliphatic heterocycles. The second kappa shape index (κ2) is 6.57. The summed E-state index contributed by atoms with van der Waals surface area (Å²) in [6, 6.07) is 15.6. The molecule has 0 heterocycles. The van der Waals surface area contributed by atoms with Gasteiger partial charge in [-0.3, -0.25) is 11.3 Å². The highest BCUT2D eigenvalue weighted by molar-refractivity contribution is 6.31. The number of nitrogens with two attached hydrogens (primary N) is 1. The van der Waals surface area contributed by atoms with Crippen molar-refractivity contribution in [1.29, 1.82) is 0 Å². The lowest BCUT2D eigenvalue weighted by Gasteiger charge is -2.18. The van der Waals surface area contributed by atoms with E-state index in [9.17, 15) is 0 Å². The van der Waals surface area contributed by atoms with E-state index in [1.807, 2.05) is 48.5 Å². The number of hydrazine groups is 1. The molecule has 0 saturated carbocycles. The van der Waals surface area contributed by atoms with Crippen molar-refractivity contribution in [2.24, 2.45) is 5.84 Å². The van der Waals surface area contributed by atoms with Gasteiger partial charge in [-0.15, -0.1) is 0 Å². The van der Waals surface area contributed by atoms with Crippen LogP contribution in [0.3, 0.4) is 0 Å². The lowest BCUT2D eigenvalue weighted by Crippen LogP contribution is -2.29. The Morgan fingerprint density at radius 2 is 2.00 bits per heavy atom. The molecule has 0 aromatic heterocycles. The van der Waals surface area contributed by atoms with Crippen molar-refractivity contribution < 1.29 is 4.74 Å². The molecule has 2 aromatic rings. The van der Waals surface area contributed by atoms with Gasteiger partial charge in [-0.05, 0) is 35.7 Å². The van der Waals surface area contributed by atoms with Gasteiger partial charge >= 0.3 is 0 Å². The molecule has 1 atom stereocenters. The van der Waals surface area contributed by atoms with E-state index in [2.05, 4.69) is 5.43 Å². The van der Waals surface area contributed by atoms with E-state index in [0.29, 0.717) is 5.02 Å². The third-order valence-electron chi connectivity index (χ3n) is 3.06. The molecule has 0 amide bonds. The maximum absolute atomic E-state index is 6.20. The number of hydrogen-bond donors (Lipinski definition) is 2. The first kappa shape index (κ1) is 13.9. The largest absolute Gasteiger partial charge is 0.497 e. The molecule has 0 bridgehead atoms. The Morgan fingerprint density at radius 1 is 1.21 bits per heavy atom. The first-order chi connectivity index (χ1) is 9.24. The molecule has 2 rings (SSSR count). The summed E-state index contributed by atoms with van der Waals surface area (Å²) in [5.41, 5.74) is 4.96. The number of hydrogen-bond acceptors (Lipinski definition) is 3. The van der Waals surface area contributed by atoms with Crippen LogP contribution in [0, 0.1) is 0 Å². The smallest absolute Gasteiger partial charge is 0.119 e. The van der Waals surface area contributed by atoms with Crippen molar-refractivity contribution in [2.75, 3.05) is 7.11 Å². The molecule has 0 radical (unpaired) electrons. The first-order valence-electron chi connectivity index (χ1n) is 6.08. The predicted octanol–water partition coefficient (Wildman–Crippen LogP) is 3.10. The van der Waals surface area contributed by atoms with Gasteiger partial charge in [0.15, 0.2) is 0 Å². The standard InChI is InChI=1S/C15H17ClN2O/c1-19-12-6-4-5-11(9-12)10-15(18-17)13-7-2-3-8-14(13)16/h2-9,15,18H,10,17H2,1H3. The Hall–Kier alpha value is -1.55. The second-order valence-electron chi connectivity index (χ2n) is 4.30. The quantitative estimate of drug-likeness (QED) is 0.652. The van der Waals surface area contributed by atoms with Crippen LogP contribution in [0.5, 0.6) is 5.75 Å². The Labute approximate surface area is 118 Å². The summed E-state index contributed by atoms with van der Waals surface area (Å²) in [5, 5.41) is 0.716. The molecule has 0 saturated heterocycles. The third kappa shape index (κ3) is 3.47. The molecule has 3 nitrogen and oxygen atoms in total. The van der Waals surface area contributed by atoms with E-state index >= 15 is 0 Å². The molecule has 1 unspecified atom stereocenters. The lowest BCUT2D eigenvalue weighted by atomic mass is 9.99. The molecular formula is C15H17ClN2O. The van der Waals surface area contributed by atoms with E-state index in [4.69, 9.17) is 22.2 Å². The topological polar surface area (TPSA) is 47.3 Å². The van der Waals surface area contributed by atoms with Crippen LogP contribution in [0.25, 0.3) is 0 Å². The highest BCUT2D eigenvalue weighted by Gasteiger charge is 2.13. The number of nitrogens with one attached hydrogen (secondary N) is 1. The van der Waals surface area contributed by atoms with Crippen molar-refractivity contribution in [1.82, 2.24) is 5.43 Å². The minimum atomic E-state index is -0.0270. The van der Waals surface area contributed by atoms with Gasteiger partial charge in [0, 0.05) is 5.02 Å². The van der Waals surface area contributed by atoms with Crippen molar-refractivity contribution in [2.45, 2.75) is 12.5 Å². The van der Waals surface area contributed by atoms with Gasteiger partial charge in [0.2, 0.25) is 0 Å². The maximum atomic E-state index is 6.20. The van der Waals surface area contributed by atoms with Gasteiger partial charge < -0.3 is 4.74 Å². The van der Waals surface area contributed by atoms with Gasteiger partial charge in [-0.1, -0.05) is 41.9 Å². The summed E-state index contributed by atoms with van der Waals surface area (Å²) in [6.45, 7) is 0. The molecule has 19 heavy (non-hydrogen) atoms. The van der Waals surface area contributed by atoms with Crippen molar-refractivity contribution in [3.05, 3.63) is 64.7 Å². The zero-order valence-corrected chi connectivity index (χ0v) is 11.5. The minimum Gasteiger partial charge on any atom is -0.497 e. The molecular weight excluding hydrogens is 260 g/mol. The summed E-state index contributed by atoms with van der Waals surface area (Å²) in [5.74, 6) is 6.49. The molecule has 2 aromatic carbocycles. The fourth-order valence-electron chi connectivity index (χ4n) is 2.05. The van der Waals surface area contributed by atoms with Crippen LogP contribution >= 0.6 is 11.6 Å². The van der Waals surface area contributed by atoms with Gasteiger partial charge in [0.1, 0.15) is 5.75 Å². The highest BCUT2D eigenvalue weighted by atomic mass is 35.5. The zero-order chi connectivity index (χ0) is 13.7. The van der Waals surface area contributed by atoms with E-state index in [1.165, 1.54) is 0 Å². The average molecular weight is 277 g/mol. The summed E-state index contributed by atoms with van der Waals surface area (Å²) >= 11 is 6.20. The first-order valence-corrected chi connectivity index (χ1v) is 6.46. The van der Waals surface area contributed by atoms with Crippen LogP contribution in [0.2, 0.25) is 5.02 Å². The van der Waals surface area contributed by atoms with Gasteiger partial charge in [-0.2, -0.15) is 0 Å². The van der Waals surface area contributed by atoms with Gasteiger partial charge in [0.05, 0.1) is 13.2 Å². The molecule has 0 fully saturated rings. The monoisotopic (exact) mass is 276 g/mol. The van der Waals surface area contributed by atoms with Gasteiger partial charge in [-0.25, -0.2) is 0 Å².